The number of rotatable bonds is 7. The highest BCUT2D eigenvalue weighted by atomic mass is 127. The molecule has 0 aliphatic rings. The van der Waals surface area contributed by atoms with Crippen molar-refractivity contribution in [3.63, 3.8) is 0 Å². The molecule has 0 radical (unpaired) electrons. The molecule has 0 aliphatic heterocycles. The summed E-state index contributed by atoms with van der Waals surface area (Å²) in [6.45, 7) is 16.7. The maximum atomic E-state index is 6.04. The van der Waals surface area contributed by atoms with Gasteiger partial charge in [-0.25, -0.2) is 0 Å². The minimum absolute atomic E-state index is 0.0819. The molecule has 2 nitrogen and oxygen atoms in total. The Hall–Kier alpha value is 0.650. The summed E-state index contributed by atoms with van der Waals surface area (Å²) in [6, 6.07) is 0. The van der Waals surface area contributed by atoms with E-state index >= 15 is 0 Å². The van der Waals surface area contributed by atoms with Gasteiger partial charge in [-0.3, -0.25) is 0 Å². The first-order valence-electron chi connectivity index (χ1n) is 6.85. The third kappa shape index (κ3) is 4.34. The number of methoxy groups -OCH3 is 1. The van der Waals surface area contributed by atoms with Gasteiger partial charge in [-0.2, -0.15) is 0 Å². The van der Waals surface area contributed by atoms with E-state index in [2.05, 4.69) is 71.5 Å². The molecular formula is C15H31IO2. The summed E-state index contributed by atoms with van der Waals surface area (Å²) in [7, 11) is 1.77. The molecule has 0 N–H and O–H groups in total. The quantitative estimate of drug-likeness (QED) is 0.570. The zero-order valence-electron chi connectivity index (χ0n) is 13.4. The normalized spacial score (nSPS) is 18.5. The summed E-state index contributed by atoms with van der Waals surface area (Å²) in [5.74, 6) is 0.366. The SMILES string of the molecule is CCC(C)(C)CC(OI)(C(C)COC)C(C)(C)C. The van der Waals surface area contributed by atoms with E-state index in [1.165, 1.54) is 0 Å². The van der Waals surface area contributed by atoms with E-state index in [4.69, 9.17) is 7.80 Å². The summed E-state index contributed by atoms with van der Waals surface area (Å²) in [4.78, 5) is 0. The predicted molar refractivity (Wildman–Crippen MR) is 87.0 cm³/mol. The van der Waals surface area contributed by atoms with Gasteiger partial charge in [0.25, 0.3) is 0 Å². The first-order chi connectivity index (χ1) is 8.06. The molecule has 0 aromatic heterocycles. The average molecular weight is 370 g/mol. The molecule has 0 amide bonds. The van der Waals surface area contributed by atoms with Crippen molar-refractivity contribution < 1.29 is 7.80 Å². The second kappa shape index (κ2) is 6.89. The van der Waals surface area contributed by atoms with Gasteiger partial charge in [-0.1, -0.05) is 54.9 Å². The van der Waals surface area contributed by atoms with Crippen molar-refractivity contribution in [1.29, 1.82) is 0 Å². The molecule has 0 saturated carbocycles. The van der Waals surface area contributed by atoms with E-state index in [0.717, 1.165) is 19.4 Å². The molecule has 18 heavy (non-hydrogen) atoms. The summed E-state index contributed by atoms with van der Waals surface area (Å²) in [6.07, 6.45) is 2.21. The minimum atomic E-state index is -0.164. The van der Waals surface area contributed by atoms with Crippen LogP contribution in [-0.4, -0.2) is 19.3 Å². The van der Waals surface area contributed by atoms with Crippen LogP contribution in [0.3, 0.4) is 0 Å². The van der Waals surface area contributed by atoms with Gasteiger partial charge in [-0.05, 0) is 17.3 Å². The van der Waals surface area contributed by atoms with Crippen LogP contribution in [-0.2, 0) is 7.80 Å². The molecule has 0 fully saturated rings. The molecule has 0 heterocycles. The van der Waals surface area contributed by atoms with Crippen molar-refractivity contribution in [1.82, 2.24) is 0 Å². The van der Waals surface area contributed by atoms with E-state index in [1.54, 1.807) is 7.11 Å². The van der Waals surface area contributed by atoms with Gasteiger partial charge in [0.05, 0.1) is 12.2 Å². The van der Waals surface area contributed by atoms with Gasteiger partial charge in [-0.15, -0.1) is 0 Å². The first-order valence-corrected chi connectivity index (χ1v) is 7.73. The van der Waals surface area contributed by atoms with Crippen molar-refractivity contribution in [3.8, 4) is 0 Å². The fourth-order valence-electron chi connectivity index (χ4n) is 2.62. The average Bonchev–Trinajstić information content (AvgIpc) is 2.24. The van der Waals surface area contributed by atoms with Crippen LogP contribution in [0.5, 0.6) is 0 Å². The Morgan fingerprint density at radius 2 is 1.61 bits per heavy atom. The maximum absolute atomic E-state index is 6.04. The molecule has 0 aromatic rings. The predicted octanol–water partition coefficient (Wildman–Crippen LogP) is 5.25. The summed E-state index contributed by atoms with van der Waals surface area (Å²) < 4.78 is 11.4. The summed E-state index contributed by atoms with van der Waals surface area (Å²) in [5, 5.41) is 0. The van der Waals surface area contributed by atoms with Crippen LogP contribution in [0, 0.1) is 16.7 Å². The Bertz CT molecular complexity index is 245. The van der Waals surface area contributed by atoms with Crippen LogP contribution >= 0.6 is 23.0 Å². The molecular weight excluding hydrogens is 339 g/mol. The summed E-state index contributed by atoms with van der Waals surface area (Å²) >= 11 is 2.08. The number of halogens is 1. The van der Waals surface area contributed by atoms with E-state index in [-0.39, 0.29) is 16.4 Å². The van der Waals surface area contributed by atoms with Crippen LogP contribution in [0.1, 0.15) is 61.3 Å². The van der Waals surface area contributed by atoms with Crippen LogP contribution in [0.15, 0.2) is 0 Å². The van der Waals surface area contributed by atoms with Crippen molar-refractivity contribution in [2.75, 3.05) is 13.7 Å². The number of hydrogen-bond donors (Lipinski definition) is 0. The lowest BCUT2D eigenvalue weighted by molar-refractivity contribution is -0.0940. The zero-order valence-corrected chi connectivity index (χ0v) is 15.6. The van der Waals surface area contributed by atoms with Gasteiger partial charge < -0.3 is 7.80 Å². The van der Waals surface area contributed by atoms with E-state index in [9.17, 15) is 0 Å². The molecule has 3 heteroatoms. The molecule has 0 saturated heterocycles. The standard InChI is InChI=1S/C15H31IO2/c1-9-14(6,7)11-15(18-16,13(3,4)5)12(2)10-17-8/h12H,9-11H2,1-8H3. The van der Waals surface area contributed by atoms with Gasteiger partial charge in [0.1, 0.15) is 23.0 Å². The number of hydrogen-bond acceptors (Lipinski definition) is 2. The van der Waals surface area contributed by atoms with Crippen molar-refractivity contribution in [3.05, 3.63) is 0 Å². The summed E-state index contributed by atoms with van der Waals surface area (Å²) in [5.41, 5.74) is 0.197. The largest absolute Gasteiger partial charge is 0.384 e. The maximum Gasteiger partial charge on any atom is 0.110 e. The van der Waals surface area contributed by atoms with E-state index < -0.39 is 0 Å². The Balaban J connectivity index is 5.38. The van der Waals surface area contributed by atoms with Gasteiger partial charge in [0.2, 0.25) is 0 Å². The second-order valence-corrected chi connectivity index (χ2v) is 7.71. The highest BCUT2D eigenvalue weighted by Crippen LogP contribution is 2.49. The Morgan fingerprint density at radius 3 is 1.89 bits per heavy atom. The minimum Gasteiger partial charge on any atom is -0.384 e. The molecule has 0 aromatic carbocycles. The van der Waals surface area contributed by atoms with Crippen LogP contribution in [0.2, 0.25) is 0 Å². The molecule has 2 unspecified atom stereocenters. The Morgan fingerprint density at radius 1 is 1.11 bits per heavy atom. The molecule has 0 rings (SSSR count). The third-order valence-electron chi connectivity index (χ3n) is 4.32. The lowest BCUT2D eigenvalue weighted by atomic mass is 9.62. The highest BCUT2D eigenvalue weighted by Gasteiger charge is 2.49. The molecule has 0 bridgehead atoms. The fourth-order valence-corrected chi connectivity index (χ4v) is 3.87. The highest BCUT2D eigenvalue weighted by molar-refractivity contribution is 14.1. The first kappa shape index (κ1) is 18.7. The second-order valence-electron chi connectivity index (χ2n) is 7.27. The zero-order chi connectivity index (χ0) is 14.6. The molecule has 110 valence electrons. The molecule has 0 aliphatic carbocycles. The molecule has 0 spiro atoms. The van der Waals surface area contributed by atoms with E-state index in [0.29, 0.717) is 5.92 Å². The fraction of sp³-hybridized carbons (Fsp3) is 1.00. The van der Waals surface area contributed by atoms with Crippen molar-refractivity contribution in [2.24, 2.45) is 16.7 Å². The lowest BCUT2D eigenvalue weighted by Crippen LogP contribution is -2.52. The topological polar surface area (TPSA) is 18.5 Å². The van der Waals surface area contributed by atoms with Crippen LogP contribution in [0.25, 0.3) is 0 Å². The Kier molecular flexibility index (Phi) is 7.14. The van der Waals surface area contributed by atoms with Crippen molar-refractivity contribution >= 4 is 23.0 Å². The van der Waals surface area contributed by atoms with Gasteiger partial charge in [0, 0.05) is 13.0 Å². The third-order valence-corrected chi connectivity index (χ3v) is 5.10. The van der Waals surface area contributed by atoms with Gasteiger partial charge >= 0.3 is 0 Å². The smallest absolute Gasteiger partial charge is 0.110 e. The number of ether oxygens (including phenoxy) is 1. The monoisotopic (exact) mass is 370 g/mol. The van der Waals surface area contributed by atoms with E-state index in [1.807, 2.05) is 0 Å². The van der Waals surface area contributed by atoms with Gasteiger partial charge in [0.15, 0.2) is 0 Å². The molecule has 2 atom stereocenters. The lowest BCUT2D eigenvalue weighted by Gasteiger charge is -2.50. The van der Waals surface area contributed by atoms with Crippen LogP contribution in [0.4, 0.5) is 0 Å². The van der Waals surface area contributed by atoms with Crippen molar-refractivity contribution in [2.45, 2.75) is 66.9 Å². The van der Waals surface area contributed by atoms with Crippen LogP contribution < -0.4 is 0 Å². The Labute approximate surface area is 128 Å².